The first kappa shape index (κ1) is 8.87. The van der Waals surface area contributed by atoms with Gasteiger partial charge in [0, 0.05) is 6.92 Å². The smallest absolute Gasteiger partial charge is 0.179 e. The van der Waals surface area contributed by atoms with Crippen molar-refractivity contribution in [3.8, 4) is 0 Å². The van der Waals surface area contributed by atoms with Crippen molar-refractivity contribution in [2.24, 2.45) is 0 Å². The molecule has 2 aromatic rings. The molecule has 66 valence electrons. The Labute approximate surface area is 82.6 Å². The van der Waals surface area contributed by atoms with Crippen LogP contribution in [-0.2, 0) is 0 Å². The van der Waals surface area contributed by atoms with E-state index in [1.54, 1.807) is 18.2 Å². The number of nitrogens with zero attached hydrogens (tertiary/aromatic N) is 2. The summed E-state index contributed by atoms with van der Waals surface area (Å²) in [5.41, 5.74) is 2.41. The monoisotopic (exact) mass is 182 g/mol. The third-order valence-corrected chi connectivity index (χ3v) is 1.93. The molecule has 0 saturated carbocycles. The van der Waals surface area contributed by atoms with Crippen molar-refractivity contribution in [2.45, 2.75) is 6.92 Å². The van der Waals surface area contributed by atoms with Crippen LogP contribution >= 0.6 is 0 Å². The molecule has 0 aliphatic carbocycles. The maximum absolute atomic E-state index is 11.0. The summed E-state index contributed by atoms with van der Waals surface area (Å²) in [5.74, 6) is -0.0868. The zero-order chi connectivity index (χ0) is 10.1. The Balaban J connectivity index is 2.67. The van der Waals surface area contributed by atoms with Crippen molar-refractivity contribution < 1.29 is 4.79 Å². The molecular weight excluding hydrogens is 175 g/mol. The van der Waals surface area contributed by atoms with Gasteiger partial charge < -0.3 is 0 Å². The van der Waals surface area contributed by atoms with Gasteiger partial charge in [0.25, 0.3) is 0 Å². The average molecular weight is 182 g/mol. The lowest BCUT2D eigenvalue weighted by atomic mass is 9.96. The second-order valence-corrected chi connectivity index (χ2v) is 3.06. The first-order valence-electron chi connectivity index (χ1n) is 4.20. The fourth-order valence-corrected chi connectivity index (χ4v) is 1.20. The lowest BCUT2D eigenvalue weighted by molar-refractivity contribution is 0.101. The largest absolute Gasteiger partial charge is 0.293 e. The Kier molecular flexibility index (Phi) is 2.04. The Morgan fingerprint density at radius 1 is 1.36 bits per heavy atom. The second kappa shape index (κ2) is 3.22. The number of aromatic nitrogens is 2. The van der Waals surface area contributed by atoms with Crippen molar-refractivity contribution in [2.75, 3.05) is 0 Å². The number of carbonyl (C=O) groups excluding carboxylic acids is 1. The molecule has 3 nitrogen and oxygen atoms in total. The molecule has 2 rings (SSSR count). The van der Waals surface area contributed by atoms with E-state index in [0.717, 1.165) is 0 Å². The van der Waals surface area contributed by atoms with Gasteiger partial charge in [-0.15, -0.1) is 0 Å². The molecular formula is C10H7BN2O. The van der Waals surface area contributed by atoms with Crippen LogP contribution in [0, 0.1) is 0 Å². The van der Waals surface area contributed by atoms with Gasteiger partial charge in [-0.1, -0.05) is 11.5 Å². The minimum Gasteiger partial charge on any atom is -0.293 e. The normalized spacial score (nSPS) is 10.4. The SMILES string of the molecule is [B]c1ccc2nc(C(C)=O)cnc2c1. The molecule has 0 atom stereocenters. The minimum absolute atomic E-state index is 0.0868. The zero-order valence-corrected chi connectivity index (χ0v) is 7.69. The van der Waals surface area contributed by atoms with E-state index in [-0.39, 0.29) is 5.78 Å². The molecule has 0 aliphatic heterocycles. The fourth-order valence-electron chi connectivity index (χ4n) is 1.20. The molecule has 0 unspecified atom stereocenters. The van der Waals surface area contributed by atoms with Gasteiger partial charge in [0.1, 0.15) is 13.5 Å². The van der Waals surface area contributed by atoms with Crippen LogP contribution in [0.4, 0.5) is 0 Å². The lowest BCUT2D eigenvalue weighted by Crippen LogP contribution is -2.03. The van der Waals surface area contributed by atoms with Crippen molar-refractivity contribution >= 4 is 30.1 Å². The van der Waals surface area contributed by atoms with Crippen molar-refractivity contribution in [3.63, 3.8) is 0 Å². The number of Topliss-reactive ketones (excluding diaryl/α,β-unsaturated/α-hetero) is 1. The summed E-state index contributed by atoms with van der Waals surface area (Å²) in [6, 6.07) is 5.22. The predicted octanol–water partition coefficient (Wildman–Crippen LogP) is 0.626. The van der Waals surface area contributed by atoms with Crippen LogP contribution in [0.15, 0.2) is 24.4 Å². The Morgan fingerprint density at radius 2 is 2.14 bits per heavy atom. The summed E-state index contributed by atoms with van der Waals surface area (Å²) in [5, 5.41) is 0. The first-order valence-corrected chi connectivity index (χ1v) is 4.20. The molecule has 0 aliphatic rings. The van der Waals surface area contributed by atoms with E-state index >= 15 is 0 Å². The molecule has 2 radical (unpaired) electrons. The molecule has 1 aromatic carbocycles. The first-order chi connectivity index (χ1) is 6.66. The van der Waals surface area contributed by atoms with Gasteiger partial charge in [-0.2, -0.15) is 0 Å². The maximum atomic E-state index is 11.0. The third kappa shape index (κ3) is 1.51. The Bertz CT molecular complexity index is 510. The topological polar surface area (TPSA) is 42.9 Å². The maximum Gasteiger partial charge on any atom is 0.179 e. The lowest BCUT2D eigenvalue weighted by Gasteiger charge is -1.99. The van der Waals surface area contributed by atoms with E-state index in [2.05, 4.69) is 9.97 Å². The summed E-state index contributed by atoms with van der Waals surface area (Å²) in [7, 11) is 5.59. The van der Waals surface area contributed by atoms with Crippen LogP contribution in [0.25, 0.3) is 11.0 Å². The van der Waals surface area contributed by atoms with E-state index in [0.29, 0.717) is 22.2 Å². The van der Waals surface area contributed by atoms with E-state index in [1.807, 2.05) is 0 Å². The van der Waals surface area contributed by atoms with Gasteiger partial charge in [0.15, 0.2) is 5.78 Å². The van der Waals surface area contributed by atoms with Gasteiger partial charge in [-0.3, -0.25) is 9.78 Å². The van der Waals surface area contributed by atoms with Gasteiger partial charge >= 0.3 is 0 Å². The van der Waals surface area contributed by atoms with E-state index < -0.39 is 0 Å². The highest BCUT2D eigenvalue weighted by molar-refractivity contribution is 6.33. The summed E-state index contributed by atoms with van der Waals surface area (Å²) < 4.78 is 0. The summed E-state index contributed by atoms with van der Waals surface area (Å²) in [6.45, 7) is 1.47. The molecule has 1 aromatic heterocycles. The van der Waals surface area contributed by atoms with Crippen molar-refractivity contribution in [3.05, 3.63) is 30.1 Å². The summed E-state index contributed by atoms with van der Waals surface area (Å²) in [6.07, 6.45) is 1.46. The molecule has 0 amide bonds. The fraction of sp³-hybridized carbons (Fsp3) is 0.100. The average Bonchev–Trinajstić information content (AvgIpc) is 2.16. The molecule has 0 saturated heterocycles. The standard InChI is InChI=1S/C10H7BN2O/c1-6(14)10-5-12-9-4-7(11)2-3-8(9)13-10/h2-5H,1H3. The number of carbonyl (C=O) groups is 1. The highest BCUT2D eigenvalue weighted by Gasteiger charge is 2.03. The number of fused-ring (bicyclic) bond motifs is 1. The number of hydrogen-bond acceptors (Lipinski definition) is 3. The molecule has 14 heavy (non-hydrogen) atoms. The zero-order valence-electron chi connectivity index (χ0n) is 7.69. The van der Waals surface area contributed by atoms with Gasteiger partial charge in [0.2, 0.25) is 0 Å². The van der Waals surface area contributed by atoms with Gasteiger partial charge in [-0.05, 0) is 12.1 Å². The molecule has 0 spiro atoms. The van der Waals surface area contributed by atoms with E-state index in [4.69, 9.17) is 7.85 Å². The molecule has 0 fully saturated rings. The van der Waals surface area contributed by atoms with Crippen LogP contribution < -0.4 is 5.46 Å². The van der Waals surface area contributed by atoms with Crippen molar-refractivity contribution in [1.82, 2.24) is 9.97 Å². The van der Waals surface area contributed by atoms with Gasteiger partial charge in [0.05, 0.1) is 17.2 Å². The molecule has 4 heteroatoms. The highest BCUT2D eigenvalue weighted by Crippen LogP contribution is 2.07. The molecule has 0 bridgehead atoms. The number of rotatable bonds is 1. The Morgan fingerprint density at radius 3 is 2.86 bits per heavy atom. The molecule has 0 N–H and O–H groups in total. The van der Waals surface area contributed by atoms with Crippen LogP contribution in [0.5, 0.6) is 0 Å². The van der Waals surface area contributed by atoms with Crippen LogP contribution in [-0.4, -0.2) is 23.6 Å². The van der Waals surface area contributed by atoms with Crippen molar-refractivity contribution in [1.29, 1.82) is 0 Å². The molecule has 1 heterocycles. The number of ketones is 1. The van der Waals surface area contributed by atoms with Crippen LogP contribution in [0.2, 0.25) is 0 Å². The Hall–Kier alpha value is -1.71. The van der Waals surface area contributed by atoms with Crippen LogP contribution in [0.3, 0.4) is 0 Å². The highest BCUT2D eigenvalue weighted by atomic mass is 16.1. The van der Waals surface area contributed by atoms with Gasteiger partial charge in [-0.25, -0.2) is 4.98 Å². The summed E-state index contributed by atoms with van der Waals surface area (Å²) in [4.78, 5) is 19.3. The minimum atomic E-state index is -0.0868. The summed E-state index contributed by atoms with van der Waals surface area (Å²) >= 11 is 0. The number of hydrogen-bond donors (Lipinski definition) is 0. The second-order valence-electron chi connectivity index (χ2n) is 3.06. The predicted molar refractivity (Wildman–Crippen MR) is 54.9 cm³/mol. The van der Waals surface area contributed by atoms with E-state index in [9.17, 15) is 4.79 Å². The quantitative estimate of drug-likeness (QED) is 0.479. The van der Waals surface area contributed by atoms with Crippen LogP contribution in [0.1, 0.15) is 17.4 Å². The number of benzene rings is 1. The third-order valence-electron chi connectivity index (χ3n) is 1.93. The van der Waals surface area contributed by atoms with E-state index in [1.165, 1.54) is 13.1 Å².